The van der Waals surface area contributed by atoms with Crippen LogP contribution in [0.5, 0.6) is 0 Å². The summed E-state index contributed by atoms with van der Waals surface area (Å²) in [6.07, 6.45) is 0. The Bertz CT molecular complexity index is 536. The molecule has 0 bridgehead atoms. The molecule has 114 valence electrons. The van der Waals surface area contributed by atoms with E-state index in [2.05, 4.69) is 20.8 Å². The zero-order valence-electron chi connectivity index (χ0n) is 12.3. The Morgan fingerprint density at radius 2 is 1.90 bits per heavy atom. The van der Waals surface area contributed by atoms with Gasteiger partial charge in [0, 0.05) is 36.2 Å². The van der Waals surface area contributed by atoms with E-state index in [1.165, 1.54) is 0 Å². The number of carbonyl (C=O) groups is 1. The maximum Gasteiger partial charge on any atom is 0.253 e. The van der Waals surface area contributed by atoms with Gasteiger partial charge in [-0.05, 0) is 37.6 Å². The van der Waals surface area contributed by atoms with Crippen molar-refractivity contribution in [2.45, 2.75) is 19.9 Å². The van der Waals surface area contributed by atoms with Gasteiger partial charge in [0.05, 0.1) is 11.0 Å². The highest BCUT2D eigenvalue weighted by Gasteiger charge is 2.25. The standard InChI is InChI=1S/C15H20BrN3OS/c1-10-7-12(9-13(16)8-10)15(20)19-5-3-18(4-6-19)11(2)14(17)21/h7-9,11H,3-6H2,1-2H3,(H2,17,21). The summed E-state index contributed by atoms with van der Waals surface area (Å²) < 4.78 is 0.937. The predicted molar refractivity (Wildman–Crippen MR) is 92.6 cm³/mol. The summed E-state index contributed by atoms with van der Waals surface area (Å²) in [5.74, 6) is 0.0852. The second-order valence-corrected chi connectivity index (χ2v) is 6.81. The summed E-state index contributed by atoms with van der Waals surface area (Å²) in [6, 6.07) is 5.89. The second kappa shape index (κ2) is 6.85. The third-order valence-corrected chi connectivity index (χ3v) is 4.65. The molecule has 1 unspecified atom stereocenters. The van der Waals surface area contributed by atoms with Gasteiger partial charge in [-0.1, -0.05) is 28.1 Å². The number of nitrogens with two attached hydrogens (primary N) is 1. The Labute approximate surface area is 139 Å². The molecule has 1 amide bonds. The fraction of sp³-hybridized carbons (Fsp3) is 0.467. The molecular weight excluding hydrogens is 350 g/mol. The lowest BCUT2D eigenvalue weighted by atomic mass is 10.1. The van der Waals surface area contributed by atoms with Crippen LogP contribution in [0.15, 0.2) is 22.7 Å². The van der Waals surface area contributed by atoms with Crippen molar-refractivity contribution in [1.82, 2.24) is 9.80 Å². The van der Waals surface area contributed by atoms with Crippen molar-refractivity contribution in [3.05, 3.63) is 33.8 Å². The first-order valence-corrected chi connectivity index (χ1v) is 8.18. The Morgan fingerprint density at radius 3 is 2.43 bits per heavy atom. The van der Waals surface area contributed by atoms with Gasteiger partial charge in [-0.15, -0.1) is 0 Å². The smallest absolute Gasteiger partial charge is 0.253 e. The lowest BCUT2D eigenvalue weighted by Gasteiger charge is -2.37. The van der Waals surface area contributed by atoms with Crippen LogP contribution < -0.4 is 5.73 Å². The summed E-state index contributed by atoms with van der Waals surface area (Å²) in [5, 5.41) is 0. The van der Waals surface area contributed by atoms with Crippen LogP contribution in [0.3, 0.4) is 0 Å². The molecule has 1 heterocycles. The van der Waals surface area contributed by atoms with Gasteiger partial charge in [0.25, 0.3) is 5.91 Å². The lowest BCUT2D eigenvalue weighted by molar-refractivity contribution is 0.0621. The van der Waals surface area contributed by atoms with Gasteiger partial charge in [-0.25, -0.2) is 0 Å². The fourth-order valence-corrected chi connectivity index (χ4v) is 3.29. The van der Waals surface area contributed by atoms with Crippen LogP contribution in [-0.4, -0.2) is 52.9 Å². The first kappa shape index (κ1) is 16.4. The molecule has 2 rings (SSSR count). The average Bonchev–Trinajstić information content (AvgIpc) is 2.44. The molecule has 0 spiro atoms. The third kappa shape index (κ3) is 4.02. The number of aryl methyl sites for hydroxylation is 1. The van der Waals surface area contributed by atoms with E-state index in [0.717, 1.165) is 28.7 Å². The molecular formula is C15H20BrN3OS. The van der Waals surface area contributed by atoms with Crippen LogP contribution in [0.4, 0.5) is 0 Å². The highest BCUT2D eigenvalue weighted by molar-refractivity contribution is 9.10. The summed E-state index contributed by atoms with van der Waals surface area (Å²) >= 11 is 8.48. The molecule has 0 radical (unpaired) electrons. The van der Waals surface area contributed by atoms with Gasteiger partial charge in [0.2, 0.25) is 0 Å². The van der Waals surface area contributed by atoms with Crippen LogP contribution in [0, 0.1) is 6.92 Å². The molecule has 0 aliphatic carbocycles. The number of carbonyl (C=O) groups excluding carboxylic acids is 1. The number of amides is 1. The van der Waals surface area contributed by atoms with Gasteiger partial charge in [0.15, 0.2) is 0 Å². The monoisotopic (exact) mass is 369 g/mol. The quantitative estimate of drug-likeness (QED) is 0.829. The normalized spacial score (nSPS) is 17.6. The maximum absolute atomic E-state index is 12.6. The van der Waals surface area contributed by atoms with Crippen molar-refractivity contribution >= 4 is 39.0 Å². The topological polar surface area (TPSA) is 49.6 Å². The van der Waals surface area contributed by atoms with Crippen LogP contribution in [0.1, 0.15) is 22.8 Å². The van der Waals surface area contributed by atoms with Crippen molar-refractivity contribution in [3.8, 4) is 0 Å². The summed E-state index contributed by atoms with van der Waals surface area (Å²) in [4.78, 5) is 17.2. The zero-order chi connectivity index (χ0) is 15.6. The summed E-state index contributed by atoms with van der Waals surface area (Å²) in [6.45, 7) is 7.02. The van der Waals surface area contributed by atoms with E-state index in [1.54, 1.807) is 0 Å². The number of hydrogen-bond donors (Lipinski definition) is 1. The van der Waals surface area contributed by atoms with Gasteiger partial charge >= 0.3 is 0 Å². The first-order chi connectivity index (χ1) is 9.88. The molecule has 1 aliphatic rings. The van der Waals surface area contributed by atoms with E-state index in [-0.39, 0.29) is 11.9 Å². The lowest BCUT2D eigenvalue weighted by Crippen LogP contribution is -2.53. The van der Waals surface area contributed by atoms with Gasteiger partial charge < -0.3 is 10.6 Å². The SMILES string of the molecule is Cc1cc(Br)cc(C(=O)N2CCN(C(C)C(N)=S)CC2)c1. The molecule has 21 heavy (non-hydrogen) atoms. The maximum atomic E-state index is 12.6. The number of nitrogens with zero attached hydrogens (tertiary/aromatic N) is 2. The highest BCUT2D eigenvalue weighted by Crippen LogP contribution is 2.18. The minimum absolute atomic E-state index is 0.0852. The molecule has 0 aromatic heterocycles. The number of piperazine rings is 1. The van der Waals surface area contributed by atoms with Gasteiger partial charge in [-0.3, -0.25) is 9.69 Å². The third-order valence-electron chi connectivity index (χ3n) is 3.85. The van der Waals surface area contributed by atoms with E-state index < -0.39 is 0 Å². The van der Waals surface area contributed by atoms with E-state index in [4.69, 9.17) is 18.0 Å². The Kier molecular flexibility index (Phi) is 5.35. The molecule has 1 atom stereocenters. The highest BCUT2D eigenvalue weighted by atomic mass is 79.9. The van der Waals surface area contributed by atoms with E-state index in [9.17, 15) is 4.79 Å². The predicted octanol–water partition coefficient (Wildman–Crippen LogP) is 2.19. The molecule has 1 fully saturated rings. The Hall–Kier alpha value is -0.980. The Balaban J connectivity index is 2.01. The average molecular weight is 370 g/mol. The molecule has 2 N–H and O–H groups in total. The minimum Gasteiger partial charge on any atom is -0.392 e. The van der Waals surface area contributed by atoms with Crippen LogP contribution >= 0.6 is 28.1 Å². The van der Waals surface area contributed by atoms with E-state index >= 15 is 0 Å². The zero-order valence-corrected chi connectivity index (χ0v) is 14.7. The number of rotatable bonds is 3. The van der Waals surface area contributed by atoms with E-state index in [1.807, 2.05) is 36.9 Å². The first-order valence-electron chi connectivity index (χ1n) is 6.98. The number of thiocarbonyl (C=S) groups is 1. The Morgan fingerprint density at radius 1 is 1.29 bits per heavy atom. The molecule has 1 aliphatic heterocycles. The minimum atomic E-state index is 0.0852. The largest absolute Gasteiger partial charge is 0.392 e. The van der Waals surface area contributed by atoms with Crippen molar-refractivity contribution in [1.29, 1.82) is 0 Å². The molecule has 1 aromatic rings. The van der Waals surface area contributed by atoms with Crippen molar-refractivity contribution in [2.75, 3.05) is 26.2 Å². The molecule has 6 heteroatoms. The van der Waals surface area contributed by atoms with Crippen molar-refractivity contribution in [2.24, 2.45) is 5.73 Å². The summed E-state index contributed by atoms with van der Waals surface area (Å²) in [5.41, 5.74) is 7.50. The number of hydrogen-bond acceptors (Lipinski definition) is 3. The van der Waals surface area contributed by atoms with Gasteiger partial charge in [-0.2, -0.15) is 0 Å². The fourth-order valence-electron chi connectivity index (χ4n) is 2.53. The molecule has 1 saturated heterocycles. The number of halogens is 1. The summed E-state index contributed by atoms with van der Waals surface area (Å²) in [7, 11) is 0. The van der Waals surface area contributed by atoms with Crippen LogP contribution in [-0.2, 0) is 0 Å². The van der Waals surface area contributed by atoms with Crippen molar-refractivity contribution < 1.29 is 4.79 Å². The second-order valence-electron chi connectivity index (χ2n) is 5.42. The molecule has 0 saturated carbocycles. The van der Waals surface area contributed by atoms with Crippen LogP contribution in [0.25, 0.3) is 0 Å². The van der Waals surface area contributed by atoms with Gasteiger partial charge in [0.1, 0.15) is 0 Å². The van der Waals surface area contributed by atoms with Crippen molar-refractivity contribution in [3.63, 3.8) is 0 Å². The number of benzene rings is 1. The van der Waals surface area contributed by atoms with E-state index in [0.29, 0.717) is 18.1 Å². The molecule has 1 aromatic carbocycles. The molecule has 4 nitrogen and oxygen atoms in total. The van der Waals surface area contributed by atoms with Crippen LogP contribution in [0.2, 0.25) is 0 Å².